The fraction of sp³-hybridized carbons (Fsp3) is 0.500. The quantitative estimate of drug-likeness (QED) is 0.475. The number of anilines is 1. The number of fused-ring (bicyclic) bond motifs is 1. The van der Waals surface area contributed by atoms with Crippen molar-refractivity contribution in [1.82, 2.24) is 19.5 Å². The second kappa shape index (κ2) is 4.79. The molecule has 1 aliphatic rings. The molecule has 0 aromatic carbocycles. The number of halogens is 1. The lowest BCUT2D eigenvalue weighted by Gasteiger charge is -2.35. The normalized spacial score (nSPS) is 30.8. The number of ether oxygens (including phenoxy) is 1. The Morgan fingerprint density at radius 1 is 1.30 bits per heavy atom. The summed E-state index contributed by atoms with van der Waals surface area (Å²) in [6.07, 6.45) is -3.43. The van der Waals surface area contributed by atoms with E-state index in [1.165, 1.54) is 10.9 Å². The molecule has 0 unspecified atom stereocenters. The minimum absolute atomic E-state index is 0.0670. The predicted octanol–water partition coefficient (Wildman–Crippen LogP) is -1.33. The molecular formula is C10H12ClN5O4. The Bertz CT molecular complexity index is 650. The first-order chi connectivity index (χ1) is 9.49. The van der Waals surface area contributed by atoms with Gasteiger partial charge in [0.1, 0.15) is 23.8 Å². The van der Waals surface area contributed by atoms with Crippen molar-refractivity contribution >= 4 is 28.6 Å². The van der Waals surface area contributed by atoms with E-state index in [0.29, 0.717) is 5.52 Å². The van der Waals surface area contributed by atoms with Gasteiger partial charge in [-0.2, -0.15) is 9.97 Å². The summed E-state index contributed by atoms with van der Waals surface area (Å²) in [5, 5.41) is 29.1. The SMILES string of the molecule is Nc1nc(Cl)nc2c1ncn2[C@@H]1OC[C@@H](O)[C@@H](O)[C@H]1O. The van der Waals surface area contributed by atoms with E-state index in [0.717, 1.165) is 0 Å². The zero-order chi connectivity index (χ0) is 14.4. The summed E-state index contributed by atoms with van der Waals surface area (Å²) in [5.74, 6) is 0.102. The number of rotatable bonds is 1. The summed E-state index contributed by atoms with van der Waals surface area (Å²) in [5.41, 5.74) is 6.26. The molecule has 2 aromatic rings. The van der Waals surface area contributed by atoms with Crippen LogP contribution < -0.4 is 5.73 Å². The molecule has 3 heterocycles. The Morgan fingerprint density at radius 3 is 2.80 bits per heavy atom. The van der Waals surface area contributed by atoms with Crippen LogP contribution in [-0.4, -0.2) is 59.8 Å². The number of aromatic nitrogens is 4. The molecule has 0 spiro atoms. The van der Waals surface area contributed by atoms with Gasteiger partial charge < -0.3 is 25.8 Å². The highest BCUT2D eigenvalue weighted by atomic mass is 35.5. The van der Waals surface area contributed by atoms with Gasteiger partial charge in [0.05, 0.1) is 12.9 Å². The Hall–Kier alpha value is -1.52. The maximum Gasteiger partial charge on any atom is 0.226 e. The van der Waals surface area contributed by atoms with E-state index in [4.69, 9.17) is 22.1 Å². The minimum atomic E-state index is -1.34. The fourth-order valence-corrected chi connectivity index (χ4v) is 2.30. The summed E-state index contributed by atoms with van der Waals surface area (Å²) >= 11 is 5.74. The van der Waals surface area contributed by atoms with E-state index in [1.807, 2.05) is 0 Å². The van der Waals surface area contributed by atoms with Crippen molar-refractivity contribution in [2.24, 2.45) is 0 Å². The van der Waals surface area contributed by atoms with Gasteiger partial charge in [-0.05, 0) is 11.6 Å². The monoisotopic (exact) mass is 301 g/mol. The van der Waals surface area contributed by atoms with E-state index in [-0.39, 0.29) is 23.4 Å². The molecule has 108 valence electrons. The van der Waals surface area contributed by atoms with Crippen molar-refractivity contribution in [3.05, 3.63) is 11.6 Å². The topological polar surface area (TPSA) is 140 Å². The molecule has 2 aromatic heterocycles. The highest BCUT2D eigenvalue weighted by Gasteiger charge is 2.39. The second-order valence-corrected chi connectivity index (χ2v) is 4.81. The third-order valence-electron chi connectivity index (χ3n) is 3.17. The number of hydrogen-bond donors (Lipinski definition) is 4. The van der Waals surface area contributed by atoms with Crippen LogP contribution in [0.25, 0.3) is 11.2 Å². The first-order valence-corrected chi connectivity index (χ1v) is 6.18. The maximum absolute atomic E-state index is 9.99. The molecule has 0 bridgehead atoms. The van der Waals surface area contributed by atoms with Gasteiger partial charge in [0.25, 0.3) is 0 Å². The van der Waals surface area contributed by atoms with Gasteiger partial charge in [-0.15, -0.1) is 0 Å². The van der Waals surface area contributed by atoms with Crippen molar-refractivity contribution in [2.75, 3.05) is 12.3 Å². The molecular weight excluding hydrogens is 290 g/mol. The molecule has 5 N–H and O–H groups in total. The van der Waals surface area contributed by atoms with Gasteiger partial charge >= 0.3 is 0 Å². The van der Waals surface area contributed by atoms with Gasteiger partial charge in [-0.3, -0.25) is 4.57 Å². The summed E-state index contributed by atoms with van der Waals surface area (Å²) < 4.78 is 6.71. The molecule has 4 atom stereocenters. The van der Waals surface area contributed by atoms with Crippen LogP contribution in [0.4, 0.5) is 5.82 Å². The smallest absolute Gasteiger partial charge is 0.226 e. The molecule has 0 saturated carbocycles. The lowest BCUT2D eigenvalue weighted by molar-refractivity contribution is -0.210. The van der Waals surface area contributed by atoms with Gasteiger partial charge in [0.15, 0.2) is 17.7 Å². The third kappa shape index (κ3) is 2.00. The van der Waals surface area contributed by atoms with E-state index in [9.17, 15) is 15.3 Å². The van der Waals surface area contributed by atoms with E-state index >= 15 is 0 Å². The lowest BCUT2D eigenvalue weighted by Crippen LogP contribution is -2.50. The zero-order valence-electron chi connectivity index (χ0n) is 10.1. The van der Waals surface area contributed by atoms with Crippen LogP contribution in [0.15, 0.2) is 6.33 Å². The highest BCUT2D eigenvalue weighted by molar-refractivity contribution is 6.28. The van der Waals surface area contributed by atoms with Crippen LogP contribution >= 0.6 is 11.6 Å². The largest absolute Gasteiger partial charge is 0.388 e. The number of aliphatic hydroxyl groups is 3. The molecule has 1 fully saturated rings. The predicted molar refractivity (Wildman–Crippen MR) is 67.8 cm³/mol. The van der Waals surface area contributed by atoms with Crippen molar-refractivity contribution in [3.8, 4) is 0 Å². The average Bonchev–Trinajstić information content (AvgIpc) is 2.80. The molecule has 1 saturated heterocycles. The van der Waals surface area contributed by atoms with Gasteiger partial charge in [0.2, 0.25) is 5.28 Å². The number of aliphatic hydroxyl groups excluding tert-OH is 3. The summed E-state index contributed by atoms with van der Waals surface area (Å²) in [7, 11) is 0. The number of nitrogen functional groups attached to an aromatic ring is 1. The van der Waals surface area contributed by atoms with E-state index < -0.39 is 24.5 Å². The Kier molecular flexibility index (Phi) is 3.22. The fourth-order valence-electron chi connectivity index (χ4n) is 2.13. The molecule has 0 radical (unpaired) electrons. The van der Waals surface area contributed by atoms with Crippen LogP contribution in [0.2, 0.25) is 5.28 Å². The van der Waals surface area contributed by atoms with Gasteiger partial charge in [0, 0.05) is 0 Å². The van der Waals surface area contributed by atoms with Crippen molar-refractivity contribution in [1.29, 1.82) is 0 Å². The minimum Gasteiger partial charge on any atom is -0.388 e. The second-order valence-electron chi connectivity index (χ2n) is 4.47. The summed E-state index contributed by atoms with van der Waals surface area (Å²) in [6, 6.07) is 0. The standard InChI is InChI=1S/C10H12ClN5O4/c11-10-14-7(12)4-8(15-10)16(2-13-4)9-6(19)5(18)3(17)1-20-9/h2-3,5-6,9,17-19H,1H2,(H2,12,14,15)/t3-,5-,6-,9-/m1/s1. The highest BCUT2D eigenvalue weighted by Crippen LogP contribution is 2.28. The van der Waals surface area contributed by atoms with Gasteiger partial charge in [-0.25, -0.2) is 4.98 Å². The van der Waals surface area contributed by atoms with Gasteiger partial charge in [-0.1, -0.05) is 0 Å². The Labute approximate surface area is 117 Å². The van der Waals surface area contributed by atoms with Crippen LogP contribution in [0.5, 0.6) is 0 Å². The molecule has 20 heavy (non-hydrogen) atoms. The molecule has 1 aliphatic heterocycles. The van der Waals surface area contributed by atoms with E-state index in [1.54, 1.807) is 0 Å². The number of nitrogens with zero attached hydrogens (tertiary/aromatic N) is 4. The summed E-state index contributed by atoms with van der Waals surface area (Å²) in [6.45, 7) is -0.128. The summed E-state index contributed by atoms with van der Waals surface area (Å²) in [4.78, 5) is 11.8. The number of nitrogens with two attached hydrogens (primary N) is 1. The van der Waals surface area contributed by atoms with Crippen LogP contribution in [-0.2, 0) is 4.74 Å². The third-order valence-corrected chi connectivity index (χ3v) is 3.34. The van der Waals surface area contributed by atoms with Crippen LogP contribution in [0.1, 0.15) is 6.23 Å². The Morgan fingerprint density at radius 2 is 2.05 bits per heavy atom. The lowest BCUT2D eigenvalue weighted by atomic mass is 10.0. The first-order valence-electron chi connectivity index (χ1n) is 5.80. The molecule has 0 amide bonds. The van der Waals surface area contributed by atoms with Crippen molar-refractivity contribution < 1.29 is 20.1 Å². The average molecular weight is 302 g/mol. The van der Waals surface area contributed by atoms with Crippen molar-refractivity contribution in [2.45, 2.75) is 24.5 Å². The zero-order valence-corrected chi connectivity index (χ0v) is 10.8. The van der Waals surface area contributed by atoms with Crippen LogP contribution in [0, 0.1) is 0 Å². The molecule has 10 heteroatoms. The van der Waals surface area contributed by atoms with Crippen LogP contribution in [0.3, 0.4) is 0 Å². The van der Waals surface area contributed by atoms with E-state index in [2.05, 4.69) is 15.0 Å². The maximum atomic E-state index is 9.99. The Balaban J connectivity index is 2.06. The first kappa shape index (κ1) is 13.5. The number of hydrogen-bond acceptors (Lipinski definition) is 8. The van der Waals surface area contributed by atoms with Crippen molar-refractivity contribution in [3.63, 3.8) is 0 Å². The molecule has 0 aliphatic carbocycles. The molecule has 9 nitrogen and oxygen atoms in total. The number of imidazole rings is 1. The molecule has 3 rings (SSSR count).